The number of hydrogen-bond acceptors (Lipinski definition) is 8. The van der Waals surface area contributed by atoms with E-state index in [0.29, 0.717) is 13.2 Å². The van der Waals surface area contributed by atoms with Crippen LogP contribution in [-0.4, -0.2) is 59.9 Å². The Kier molecular flexibility index (Phi) is 6.32. The summed E-state index contributed by atoms with van der Waals surface area (Å²) in [6.45, 7) is 10.8. The van der Waals surface area contributed by atoms with Crippen molar-refractivity contribution < 1.29 is 38.1 Å². The summed E-state index contributed by atoms with van der Waals surface area (Å²) in [7, 11) is 0. The SMILES string of the molecule is CC(C)CC(=O)[C@@H]1O[C@]1(C(=O)CC1(C)OCCO1)C(=O)NC(=O)OC(C)(C)C. The number of ether oxygens (including phenoxy) is 4. The van der Waals surface area contributed by atoms with Crippen molar-refractivity contribution in [3.05, 3.63) is 0 Å². The molecule has 0 aliphatic carbocycles. The fourth-order valence-electron chi connectivity index (χ4n) is 3.04. The van der Waals surface area contributed by atoms with E-state index in [1.54, 1.807) is 27.7 Å². The third-order valence-corrected chi connectivity index (χ3v) is 4.26. The van der Waals surface area contributed by atoms with Gasteiger partial charge in [-0.25, -0.2) is 4.79 Å². The first kappa shape index (κ1) is 22.4. The molecule has 0 saturated carbocycles. The Morgan fingerprint density at radius 3 is 2.21 bits per heavy atom. The zero-order chi connectivity index (χ0) is 21.3. The van der Waals surface area contributed by atoms with Crippen LogP contribution in [-0.2, 0) is 33.3 Å². The van der Waals surface area contributed by atoms with Gasteiger partial charge in [0.15, 0.2) is 23.5 Å². The summed E-state index contributed by atoms with van der Waals surface area (Å²) in [5.41, 5.74) is -2.90. The van der Waals surface area contributed by atoms with Gasteiger partial charge in [-0.1, -0.05) is 13.8 Å². The van der Waals surface area contributed by atoms with Gasteiger partial charge >= 0.3 is 6.09 Å². The van der Waals surface area contributed by atoms with Gasteiger partial charge in [-0.15, -0.1) is 0 Å². The van der Waals surface area contributed by atoms with Crippen LogP contribution in [0, 0.1) is 5.92 Å². The summed E-state index contributed by atoms with van der Waals surface area (Å²) < 4.78 is 21.2. The van der Waals surface area contributed by atoms with Gasteiger partial charge < -0.3 is 18.9 Å². The Bertz CT molecular complexity index is 659. The average Bonchev–Trinajstić information content (AvgIpc) is 3.15. The molecule has 0 aromatic rings. The van der Waals surface area contributed by atoms with Gasteiger partial charge in [0, 0.05) is 6.42 Å². The van der Waals surface area contributed by atoms with Crippen LogP contribution in [0.1, 0.15) is 54.4 Å². The number of epoxide rings is 1. The maximum absolute atomic E-state index is 12.9. The molecule has 0 aromatic heterocycles. The van der Waals surface area contributed by atoms with Gasteiger partial charge in [-0.2, -0.15) is 0 Å². The highest BCUT2D eigenvalue weighted by atomic mass is 16.7. The first-order valence-electron chi connectivity index (χ1n) is 9.35. The topological polar surface area (TPSA) is 121 Å². The quantitative estimate of drug-likeness (QED) is 0.505. The summed E-state index contributed by atoms with van der Waals surface area (Å²) in [5.74, 6) is -3.25. The summed E-state index contributed by atoms with van der Waals surface area (Å²) in [4.78, 5) is 50.1. The molecule has 0 spiro atoms. The third kappa shape index (κ3) is 5.15. The molecule has 28 heavy (non-hydrogen) atoms. The van der Waals surface area contributed by atoms with Gasteiger partial charge in [-0.05, 0) is 33.6 Å². The van der Waals surface area contributed by atoms with Crippen LogP contribution >= 0.6 is 0 Å². The monoisotopic (exact) mass is 399 g/mol. The van der Waals surface area contributed by atoms with E-state index in [4.69, 9.17) is 18.9 Å². The molecule has 2 fully saturated rings. The minimum atomic E-state index is -2.07. The number of carbonyl (C=O) groups excluding carboxylic acids is 4. The molecule has 0 aromatic carbocycles. The van der Waals surface area contributed by atoms with Crippen molar-refractivity contribution in [1.82, 2.24) is 5.32 Å². The van der Waals surface area contributed by atoms with Crippen LogP contribution in [0.4, 0.5) is 4.79 Å². The molecule has 2 rings (SSSR count). The number of hydrogen-bond donors (Lipinski definition) is 1. The lowest BCUT2D eigenvalue weighted by Gasteiger charge is -2.23. The Hall–Kier alpha value is -1.84. The molecule has 0 bridgehead atoms. The van der Waals surface area contributed by atoms with E-state index in [9.17, 15) is 19.2 Å². The molecule has 2 aliphatic heterocycles. The van der Waals surface area contributed by atoms with Crippen LogP contribution in [0.3, 0.4) is 0 Å². The first-order valence-corrected chi connectivity index (χ1v) is 9.35. The molecule has 2 amide bonds. The minimum absolute atomic E-state index is 0.0254. The number of nitrogens with one attached hydrogen (secondary N) is 1. The summed E-state index contributed by atoms with van der Waals surface area (Å²) in [6, 6.07) is 0. The summed E-state index contributed by atoms with van der Waals surface area (Å²) in [5, 5.41) is 2.02. The highest BCUT2D eigenvalue weighted by molar-refractivity contribution is 6.20. The second-order valence-corrected chi connectivity index (χ2v) is 8.68. The van der Waals surface area contributed by atoms with Crippen LogP contribution in [0.2, 0.25) is 0 Å². The molecule has 2 atom stereocenters. The molecule has 2 saturated heterocycles. The fourth-order valence-corrected chi connectivity index (χ4v) is 3.04. The number of alkyl carbamates (subject to hydrolysis) is 1. The molecule has 1 N–H and O–H groups in total. The van der Waals surface area contributed by atoms with Crippen molar-refractivity contribution in [3.8, 4) is 0 Å². The van der Waals surface area contributed by atoms with Crippen molar-refractivity contribution in [1.29, 1.82) is 0 Å². The van der Waals surface area contributed by atoms with Gasteiger partial charge in [0.2, 0.25) is 5.60 Å². The number of imide groups is 1. The lowest BCUT2D eigenvalue weighted by molar-refractivity contribution is -0.162. The molecule has 0 unspecified atom stereocenters. The second-order valence-electron chi connectivity index (χ2n) is 8.68. The highest BCUT2D eigenvalue weighted by Crippen LogP contribution is 2.42. The fraction of sp³-hybridized carbons (Fsp3) is 0.789. The van der Waals surface area contributed by atoms with Crippen molar-refractivity contribution in [2.45, 2.75) is 77.5 Å². The smallest absolute Gasteiger partial charge is 0.414 e. The van der Waals surface area contributed by atoms with Crippen molar-refractivity contribution in [2.24, 2.45) is 5.92 Å². The van der Waals surface area contributed by atoms with E-state index in [0.717, 1.165) is 0 Å². The Labute approximate surface area is 164 Å². The third-order valence-electron chi connectivity index (χ3n) is 4.26. The zero-order valence-electron chi connectivity index (χ0n) is 17.2. The number of amides is 2. The van der Waals surface area contributed by atoms with Crippen molar-refractivity contribution in [3.63, 3.8) is 0 Å². The number of rotatable bonds is 7. The standard InChI is InChI=1S/C19H29NO8/c1-11(2)9-12(21)14-19(27-14,13(22)10-18(6)25-7-8-26-18)15(23)20-16(24)28-17(3,4)5/h11,14H,7-10H2,1-6H3,(H,20,23,24)/t14-,19-/m0/s1. The molecular weight excluding hydrogens is 370 g/mol. The Balaban J connectivity index is 2.18. The molecule has 158 valence electrons. The number of carbonyl (C=O) groups is 4. The van der Waals surface area contributed by atoms with Crippen LogP contribution < -0.4 is 5.32 Å². The Morgan fingerprint density at radius 1 is 1.14 bits per heavy atom. The van der Waals surface area contributed by atoms with E-state index in [1.165, 1.54) is 0 Å². The molecule has 2 heterocycles. The number of Topliss-reactive ketones (excluding diaryl/α,β-unsaturated/α-hetero) is 2. The predicted molar refractivity (Wildman–Crippen MR) is 96.4 cm³/mol. The van der Waals surface area contributed by atoms with Gasteiger partial charge in [0.05, 0.1) is 19.6 Å². The second kappa shape index (κ2) is 7.88. The normalized spacial score (nSPS) is 26.0. The number of ketones is 2. The highest BCUT2D eigenvalue weighted by Gasteiger charge is 2.71. The van der Waals surface area contributed by atoms with E-state index in [2.05, 4.69) is 0 Å². The van der Waals surface area contributed by atoms with Gasteiger partial charge in [0.1, 0.15) is 5.60 Å². The predicted octanol–water partition coefficient (Wildman–Crippen LogP) is 1.51. The van der Waals surface area contributed by atoms with E-state index < -0.39 is 40.9 Å². The lowest BCUT2D eigenvalue weighted by atomic mass is 9.90. The largest absolute Gasteiger partial charge is 0.444 e. The average molecular weight is 399 g/mol. The summed E-state index contributed by atoms with van der Waals surface area (Å²) in [6.07, 6.45) is -2.41. The maximum Gasteiger partial charge on any atom is 0.414 e. The van der Waals surface area contributed by atoms with E-state index in [-0.39, 0.29) is 24.5 Å². The maximum atomic E-state index is 12.9. The molecular formula is C19H29NO8. The van der Waals surface area contributed by atoms with Crippen LogP contribution in [0.25, 0.3) is 0 Å². The Morgan fingerprint density at radius 2 is 1.71 bits per heavy atom. The van der Waals surface area contributed by atoms with E-state index >= 15 is 0 Å². The minimum Gasteiger partial charge on any atom is -0.444 e. The molecule has 2 aliphatic rings. The van der Waals surface area contributed by atoms with Gasteiger partial charge in [0.25, 0.3) is 5.91 Å². The lowest BCUT2D eigenvalue weighted by Crippen LogP contribution is -2.51. The van der Waals surface area contributed by atoms with Crippen LogP contribution in [0.15, 0.2) is 0 Å². The first-order chi connectivity index (χ1) is 12.8. The van der Waals surface area contributed by atoms with Crippen LogP contribution in [0.5, 0.6) is 0 Å². The van der Waals surface area contributed by atoms with Crippen molar-refractivity contribution in [2.75, 3.05) is 13.2 Å². The van der Waals surface area contributed by atoms with Crippen molar-refractivity contribution >= 4 is 23.6 Å². The molecule has 9 nitrogen and oxygen atoms in total. The zero-order valence-corrected chi connectivity index (χ0v) is 17.2. The van der Waals surface area contributed by atoms with Gasteiger partial charge in [-0.3, -0.25) is 19.7 Å². The summed E-state index contributed by atoms with van der Waals surface area (Å²) >= 11 is 0. The van der Waals surface area contributed by atoms with E-state index in [1.807, 2.05) is 19.2 Å². The molecule has 9 heteroatoms. The molecule has 0 radical (unpaired) electrons.